The largest absolute Gasteiger partial charge is 0.445 e. The summed E-state index contributed by atoms with van der Waals surface area (Å²) in [5, 5.41) is 22.5. The Hall–Kier alpha value is -3.64. The quantitative estimate of drug-likeness (QED) is 0.153. The number of rotatable bonds is 19. The second-order valence-electron chi connectivity index (χ2n) is 12.4. The van der Waals surface area contributed by atoms with Crippen LogP contribution in [0.3, 0.4) is 0 Å². The van der Waals surface area contributed by atoms with Gasteiger partial charge in [-0.3, -0.25) is 19.4 Å². The van der Waals surface area contributed by atoms with Crippen molar-refractivity contribution in [2.75, 3.05) is 12.0 Å². The number of nitrogens with zero attached hydrogens (tertiary/aromatic N) is 1. The Morgan fingerprint density at radius 3 is 2.04 bits per heavy atom. The number of ether oxygens (including phenoxy) is 1. The van der Waals surface area contributed by atoms with E-state index in [1.807, 2.05) is 64.3 Å². The Morgan fingerprint density at radius 2 is 1.43 bits per heavy atom. The van der Waals surface area contributed by atoms with Crippen LogP contribution in [0.4, 0.5) is 4.79 Å². The second-order valence-corrected chi connectivity index (χ2v) is 13.3. The van der Waals surface area contributed by atoms with Crippen LogP contribution in [0.15, 0.2) is 54.9 Å². The van der Waals surface area contributed by atoms with Crippen molar-refractivity contribution in [3.05, 3.63) is 66.0 Å². The van der Waals surface area contributed by atoms with Gasteiger partial charge in [0.15, 0.2) is 0 Å². The number of thioether (sulfide) groups is 1. The lowest BCUT2D eigenvalue weighted by Gasteiger charge is -2.29. The first-order valence-corrected chi connectivity index (χ1v) is 17.2. The number of carbonyl (C=O) groups is 4. The molecule has 0 aliphatic rings. The molecular formula is C34H51N5O6S. The Balaban J connectivity index is 2.00. The first-order valence-electron chi connectivity index (χ1n) is 15.8. The van der Waals surface area contributed by atoms with Gasteiger partial charge in [-0.05, 0) is 60.6 Å². The van der Waals surface area contributed by atoms with Crippen molar-refractivity contribution in [3.63, 3.8) is 0 Å². The highest BCUT2D eigenvalue weighted by atomic mass is 32.2. The van der Waals surface area contributed by atoms with Crippen LogP contribution in [0.25, 0.3) is 0 Å². The molecule has 1 aromatic heterocycles. The maximum Gasteiger partial charge on any atom is 0.408 e. The molecule has 1 aromatic carbocycles. The minimum Gasteiger partial charge on any atom is -0.445 e. The second kappa shape index (κ2) is 20.5. The molecule has 1 heterocycles. The summed E-state index contributed by atoms with van der Waals surface area (Å²) in [6.45, 7) is 9.98. The van der Waals surface area contributed by atoms with Gasteiger partial charge >= 0.3 is 6.09 Å². The molecule has 0 aliphatic carbocycles. The molecule has 5 atom stereocenters. The van der Waals surface area contributed by atoms with Gasteiger partial charge in [-0.1, -0.05) is 65.0 Å². The molecule has 0 fully saturated rings. The summed E-state index contributed by atoms with van der Waals surface area (Å²) in [5.74, 6) is -1.13. The van der Waals surface area contributed by atoms with E-state index in [1.165, 1.54) is 11.8 Å². The molecule has 0 unspecified atom stereocenters. The fourth-order valence-electron chi connectivity index (χ4n) is 4.82. The Kier molecular flexibility index (Phi) is 17.2. The van der Waals surface area contributed by atoms with E-state index in [0.29, 0.717) is 25.1 Å². The molecule has 0 spiro atoms. The molecule has 254 valence electrons. The van der Waals surface area contributed by atoms with E-state index in [1.54, 1.807) is 31.5 Å². The summed E-state index contributed by atoms with van der Waals surface area (Å²) in [7, 11) is 0. The molecule has 0 radical (unpaired) electrons. The van der Waals surface area contributed by atoms with Gasteiger partial charge < -0.3 is 31.1 Å². The number of benzene rings is 1. The number of aliphatic hydroxyl groups excluding tert-OH is 1. The highest BCUT2D eigenvalue weighted by Gasteiger charge is 2.31. The summed E-state index contributed by atoms with van der Waals surface area (Å²) in [5.41, 5.74) is 1.72. The summed E-state index contributed by atoms with van der Waals surface area (Å²) in [6, 6.07) is 10.7. The van der Waals surface area contributed by atoms with Crippen molar-refractivity contribution < 1.29 is 29.0 Å². The molecule has 0 bridgehead atoms. The lowest BCUT2D eigenvalue weighted by molar-refractivity contribution is -0.132. The predicted octanol–water partition coefficient (Wildman–Crippen LogP) is 3.80. The fraction of sp³-hybridized carbons (Fsp3) is 0.559. The number of hydrogen-bond acceptors (Lipinski definition) is 8. The Bertz CT molecular complexity index is 1220. The molecule has 11 nitrogen and oxygen atoms in total. The monoisotopic (exact) mass is 657 g/mol. The topological polar surface area (TPSA) is 159 Å². The van der Waals surface area contributed by atoms with Gasteiger partial charge in [-0.15, -0.1) is 0 Å². The highest BCUT2D eigenvalue weighted by Crippen LogP contribution is 2.17. The summed E-state index contributed by atoms with van der Waals surface area (Å²) >= 11 is 1.39. The third kappa shape index (κ3) is 14.6. The third-order valence-corrected chi connectivity index (χ3v) is 7.94. The number of carbonyl (C=O) groups excluding carboxylic acids is 4. The fourth-order valence-corrected chi connectivity index (χ4v) is 5.39. The molecule has 4 amide bonds. The molecule has 0 aliphatic heterocycles. The molecule has 2 rings (SSSR count). The maximum atomic E-state index is 13.3. The SMILES string of the molecule is CSC[C@H](NC(=O)OCc1ccncc1)C(=O)N[C@@H](CC(C)C)[C@@H](O)C[C@@H](C)C(=O)N[C@@H](CC(C)C)C(=O)NCc1ccccc1. The van der Waals surface area contributed by atoms with Crippen LogP contribution in [0.2, 0.25) is 0 Å². The molecule has 12 heteroatoms. The molecule has 46 heavy (non-hydrogen) atoms. The van der Waals surface area contributed by atoms with Crippen molar-refractivity contribution in [3.8, 4) is 0 Å². The standard InChI is InChI=1S/C34H51N5O6S/c1-22(2)16-27(37-33(43)29(21-46-6)39-34(44)45-20-26-12-14-35-15-13-26)30(40)18-24(5)31(41)38-28(17-23(3)4)32(42)36-19-25-10-8-7-9-11-25/h7-15,22-24,27-30,40H,16-21H2,1-6H3,(H,36,42)(H,37,43)(H,38,41)(H,39,44)/t24-,27+,28+,29+,30+/m1/s1. The Morgan fingerprint density at radius 1 is 0.783 bits per heavy atom. The van der Waals surface area contributed by atoms with Gasteiger partial charge in [0.1, 0.15) is 18.7 Å². The summed E-state index contributed by atoms with van der Waals surface area (Å²) < 4.78 is 5.27. The number of pyridine rings is 1. The van der Waals surface area contributed by atoms with Crippen LogP contribution in [-0.2, 0) is 32.3 Å². The number of alkyl carbamates (subject to hydrolysis) is 1. The average Bonchev–Trinajstić information content (AvgIpc) is 3.02. The molecule has 2 aromatic rings. The van der Waals surface area contributed by atoms with Crippen molar-refractivity contribution in [2.45, 2.75) is 91.3 Å². The molecule has 5 N–H and O–H groups in total. The maximum absolute atomic E-state index is 13.3. The van der Waals surface area contributed by atoms with Gasteiger partial charge in [0, 0.05) is 30.6 Å². The zero-order valence-corrected chi connectivity index (χ0v) is 28.6. The number of aliphatic hydroxyl groups is 1. The van der Waals surface area contributed by atoms with Gasteiger partial charge in [0.25, 0.3) is 0 Å². The number of amides is 4. The van der Waals surface area contributed by atoms with E-state index in [9.17, 15) is 24.3 Å². The number of aromatic nitrogens is 1. The van der Waals surface area contributed by atoms with Gasteiger partial charge in [0.2, 0.25) is 17.7 Å². The first kappa shape index (κ1) is 38.5. The van der Waals surface area contributed by atoms with E-state index in [-0.39, 0.29) is 36.7 Å². The highest BCUT2D eigenvalue weighted by molar-refractivity contribution is 7.98. The van der Waals surface area contributed by atoms with Crippen LogP contribution in [-0.4, -0.2) is 70.1 Å². The van der Waals surface area contributed by atoms with Gasteiger partial charge in [-0.25, -0.2) is 4.79 Å². The van der Waals surface area contributed by atoms with E-state index >= 15 is 0 Å². The van der Waals surface area contributed by atoms with Crippen molar-refractivity contribution >= 4 is 35.6 Å². The van der Waals surface area contributed by atoms with E-state index in [4.69, 9.17) is 4.74 Å². The molecular weight excluding hydrogens is 606 g/mol. The van der Waals surface area contributed by atoms with Crippen LogP contribution in [0.1, 0.15) is 65.0 Å². The van der Waals surface area contributed by atoms with Gasteiger partial charge in [-0.2, -0.15) is 11.8 Å². The van der Waals surface area contributed by atoms with Crippen molar-refractivity contribution in [2.24, 2.45) is 17.8 Å². The van der Waals surface area contributed by atoms with E-state index in [2.05, 4.69) is 26.3 Å². The first-order chi connectivity index (χ1) is 21.9. The lowest BCUT2D eigenvalue weighted by atomic mass is 9.92. The lowest BCUT2D eigenvalue weighted by Crippen LogP contribution is -2.54. The summed E-state index contributed by atoms with van der Waals surface area (Å²) in [6.07, 6.45) is 4.22. The van der Waals surface area contributed by atoms with Crippen LogP contribution in [0.5, 0.6) is 0 Å². The van der Waals surface area contributed by atoms with Crippen LogP contribution < -0.4 is 21.3 Å². The molecule has 0 saturated heterocycles. The van der Waals surface area contributed by atoms with Crippen molar-refractivity contribution in [1.82, 2.24) is 26.3 Å². The molecule has 0 saturated carbocycles. The minimum atomic E-state index is -1.05. The normalized spacial score (nSPS) is 14.5. The van der Waals surface area contributed by atoms with Crippen molar-refractivity contribution in [1.29, 1.82) is 0 Å². The number of hydrogen-bond donors (Lipinski definition) is 5. The zero-order chi connectivity index (χ0) is 34.1. The minimum absolute atomic E-state index is 0.0311. The van der Waals surface area contributed by atoms with Gasteiger partial charge in [0.05, 0.1) is 12.1 Å². The van der Waals surface area contributed by atoms with E-state index in [0.717, 1.165) is 11.1 Å². The average molecular weight is 658 g/mol. The Labute approximate surface area is 277 Å². The van der Waals surface area contributed by atoms with Crippen LogP contribution >= 0.6 is 11.8 Å². The number of nitrogens with one attached hydrogen (secondary N) is 4. The zero-order valence-electron chi connectivity index (χ0n) is 27.8. The van der Waals surface area contributed by atoms with Crippen LogP contribution in [0, 0.1) is 17.8 Å². The smallest absolute Gasteiger partial charge is 0.408 e. The summed E-state index contributed by atoms with van der Waals surface area (Å²) in [4.78, 5) is 56.0. The van der Waals surface area contributed by atoms with E-state index < -0.39 is 42.1 Å². The predicted molar refractivity (Wildman–Crippen MR) is 181 cm³/mol. The third-order valence-electron chi connectivity index (χ3n) is 7.27.